The maximum absolute atomic E-state index is 13.3. The van der Waals surface area contributed by atoms with Gasteiger partial charge in [0, 0.05) is 18.2 Å². The van der Waals surface area contributed by atoms with Crippen molar-refractivity contribution in [2.24, 2.45) is 7.05 Å². The summed E-state index contributed by atoms with van der Waals surface area (Å²) in [7, 11) is 1.59. The molecule has 0 saturated carbocycles. The Morgan fingerprint density at radius 2 is 2.00 bits per heavy atom. The van der Waals surface area contributed by atoms with E-state index in [1.807, 2.05) is 0 Å². The Morgan fingerprint density at radius 1 is 1.27 bits per heavy atom. The molecule has 4 nitrogen and oxygen atoms in total. The SMILES string of the molecule is Cc1c(C(=O)c2ccc(F)c(Br)c2)ccc2oc(=O)n(C)c12. The van der Waals surface area contributed by atoms with Crippen LogP contribution in [0.3, 0.4) is 0 Å². The van der Waals surface area contributed by atoms with E-state index in [9.17, 15) is 14.0 Å². The Hall–Kier alpha value is -2.21. The second-order valence-corrected chi connectivity index (χ2v) is 5.82. The van der Waals surface area contributed by atoms with E-state index in [1.54, 1.807) is 26.1 Å². The van der Waals surface area contributed by atoms with E-state index in [2.05, 4.69) is 15.9 Å². The number of carbonyl (C=O) groups excluding carboxylic acids is 1. The molecule has 0 atom stereocenters. The summed E-state index contributed by atoms with van der Waals surface area (Å²) in [6, 6.07) is 7.31. The van der Waals surface area contributed by atoms with Crippen LogP contribution in [0.5, 0.6) is 0 Å². The highest BCUT2D eigenvalue weighted by Gasteiger charge is 2.18. The van der Waals surface area contributed by atoms with Crippen LogP contribution in [0, 0.1) is 12.7 Å². The molecule has 112 valence electrons. The fourth-order valence-electron chi connectivity index (χ4n) is 2.47. The molecule has 0 amide bonds. The molecule has 1 heterocycles. The van der Waals surface area contributed by atoms with Crippen LogP contribution in [0.2, 0.25) is 0 Å². The summed E-state index contributed by atoms with van der Waals surface area (Å²) < 4.78 is 20.0. The minimum absolute atomic E-state index is 0.229. The molecule has 0 unspecified atom stereocenters. The Labute approximate surface area is 133 Å². The number of ketones is 1. The van der Waals surface area contributed by atoms with E-state index < -0.39 is 11.6 Å². The van der Waals surface area contributed by atoms with Gasteiger partial charge >= 0.3 is 5.76 Å². The molecule has 22 heavy (non-hydrogen) atoms. The second kappa shape index (κ2) is 5.21. The summed E-state index contributed by atoms with van der Waals surface area (Å²) in [5.41, 5.74) is 2.47. The number of aromatic nitrogens is 1. The summed E-state index contributed by atoms with van der Waals surface area (Å²) in [4.78, 5) is 24.2. The molecule has 3 aromatic rings. The third-order valence-corrected chi connectivity index (χ3v) is 4.23. The highest BCUT2D eigenvalue weighted by atomic mass is 79.9. The van der Waals surface area contributed by atoms with Crippen LogP contribution in [-0.2, 0) is 7.05 Å². The zero-order valence-electron chi connectivity index (χ0n) is 11.8. The van der Waals surface area contributed by atoms with Gasteiger partial charge in [-0.25, -0.2) is 9.18 Å². The van der Waals surface area contributed by atoms with Gasteiger partial charge in [-0.05, 0) is 58.7 Å². The molecule has 6 heteroatoms. The molecule has 0 saturated heterocycles. The molecular weight excluding hydrogens is 353 g/mol. The van der Waals surface area contributed by atoms with Gasteiger partial charge in [-0.3, -0.25) is 9.36 Å². The molecule has 2 aromatic carbocycles. The van der Waals surface area contributed by atoms with Crippen LogP contribution in [0.4, 0.5) is 4.39 Å². The average molecular weight is 364 g/mol. The summed E-state index contributed by atoms with van der Waals surface area (Å²) in [6.45, 7) is 1.75. The lowest BCUT2D eigenvalue weighted by molar-refractivity contribution is 0.103. The van der Waals surface area contributed by atoms with E-state index in [0.717, 1.165) is 0 Å². The fourth-order valence-corrected chi connectivity index (χ4v) is 2.85. The molecule has 0 fully saturated rings. The lowest BCUT2D eigenvalue weighted by atomic mass is 9.98. The first-order valence-electron chi connectivity index (χ1n) is 6.49. The zero-order chi connectivity index (χ0) is 16.0. The van der Waals surface area contributed by atoms with Crippen LogP contribution in [0.15, 0.2) is 44.0 Å². The number of nitrogens with zero attached hydrogens (tertiary/aromatic N) is 1. The molecule has 0 bridgehead atoms. The average Bonchev–Trinajstić information content (AvgIpc) is 2.77. The number of rotatable bonds is 2. The van der Waals surface area contributed by atoms with Crippen LogP contribution in [0.1, 0.15) is 21.5 Å². The van der Waals surface area contributed by atoms with Crippen molar-refractivity contribution in [3.8, 4) is 0 Å². The molecule has 0 aliphatic rings. The molecule has 3 rings (SSSR count). The normalized spacial score (nSPS) is 11.1. The van der Waals surface area contributed by atoms with Gasteiger partial charge in [0.1, 0.15) is 5.82 Å². The van der Waals surface area contributed by atoms with Crippen molar-refractivity contribution in [1.82, 2.24) is 4.57 Å². The van der Waals surface area contributed by atoms with E-state index in [4.69, 9.17) is 4.42 Å². The number of hydrogen-bond acceptors (Lipinski definition) is 3. The fraction of sp³-hybridized carbons (Fsp3) is 0.125. The van der Waals surface area contributed by atoms with Gasteiger partial charge in [0.05, 0.1) is 9.99 Å². The van der Waals surface area contributed by atoms with E-state index in [-0.39, 0.29) is 10.3 Å². The molecule has 0 N–H and O–H groups in total. The molecule has 0 spiro atoms. The number of hydrogen-bond donors (Lipinski definition) is 0. The summed E-state index contributed by atoms with van der Waals surface area (Å²) in [6.07, 6.45) is 0. The van der Waals surface area contributed by atoms with Gasteiger partial charge in [-0.1, -0.05) is 0 Å². The summed E-state index contributed by atoms with van der Waals surface area (Å²) in [5, 5.41) is 0. The Balaban J connectivity index is 2.19. The zero-order valence-corrected chi connectivity index (χ0v) is 13.4. The van der Waals surface area contributed by atoms with Crippen molar-refractivity contribution in [2.75, 3.05) is 0 Å². The topological polar surface area (TPSA) is 52.2 Å². The van der Waals surface area contributed by atoms with Crippen molar-refractivity contribution in [2.45, 2.75) is 6.92 Å². The Bertz CT molecular complexity index is 971. The van der Waals surface area contributed by atoms with Crippen molar-refractivity contribution in [1.29, 1.82) is 0 Å². The number of fused-ring (bicyclic) bond motifs is 1. The number of carbonyl (C=O) groups is 1. The lowest BCUT2D eigenvalue weighted by Gasteiger charge is -2.07. The number of aryl methyl sites for hydroxylation is 2. The molecule has 0 aliphatic carbocycles. The van der Waals surface area contributed by atoms with Gasteiger partial charge in [0.15, 0.2) is 11.4 Å². The first-order valence-corrected chi connectivity index (χ1v) is 7.28. The smallest absolute Gasteiger partial charge is 0.408 e. The minimum atomic E-state index is -0.479. The van der Waals surface area contributed by atoms with Gasteiger partial charge in [-0.15, -0.1) is 0 Å². The van der Waals surface area contributed by atoms with Crippen LogP contribution >= 0.6 is 15.9 Å². The highest BCUT2D eigenvalue weighted by molar-refractivity contribution is 9.10. The Morgan fingerprint density at radius 3 is 2.68 bits per heavy atom. The number of halogens is 2. The van der Waals surface area contributed by atoms with E-state index in [1.165, 1.54) is 22.8 Å². The van der Waals surface area contributed by atoms with Crippen LogP contribution in [0.25, 0.3) is 11.1 Å². The number of oxazole rings is 1. The molecule has 0 aliphatic heterocycles. The monoisotopic (exact) mass is 363 g/mol. The van der Waals surface area contributed by atoms with Gasteiger partial charge < -0.3 is 4.42 Å². The third kappa shape index (κ3) is 2.20. The Kier molecular flexibility index (Phi) is 3.48. The predicted octanol–water partition coefficient (Wildman–Crippen LogP) is 3.57. The summed E-state index contributed by atoms with van der Waals surface area (Å²) >= 11 is 3.07. The van der Waals surface area contributed by atoms with Crippen molar-refractivity contribution >= 4 is 32.8 Å². The van der Waals surface area contributed by atoms with Gasteiger partial charge in [0.2, 0.25) is 0 Å². The third-order valence-electron chi connectivity index (χ3n) is 3.63. The maximum atomic E-state index is 13.3. The summed E-state index contributed by atoms with van der Waals surface area (Å²) in [5.74, 6) is -1.15. The maximum Gasteiger partial charge on any atom is 0.419 e. The predicted molar refractivity (Wildman–Crippen MR) is 83.7 cm³/mol. The van der Waals surface area contributed by atoms with Gasteiger partial charge in [0.25, 0.3) is 0 Å². The van der Waals surface area contributed by atoms with E-state index >= 15 is 0 Å². The quantitative estimate of drug-likeness (QED) is 0.654. The molecule has 0 radical (unpaired) electrons. The van der Waals surface area contributed by atoms with Gasteiger partial charge in [-0.2, -0.15) is 0 Å². The standard InChI is InChI=1S/C16H11BrFNO3/c1-8-10(4-6-13-14(8)19(2)16(21)22-13)15(20)9-3-5-12(18)11(17)7-9/h3-7H,1-2H3. The van der Waals surface area contributed by atoms with Crippen molar-refractivity contribution < 1.29 is 13.6 Å². The lowest BCUT2D eigenvalue weighted by Crippen LogP contribution is -2.10. The first kappa shape index (κ1) is 14.7. The van der Waals surface area contributed by atoms with Crippen molar-refractivity contribution in [3.05, 3.63) is 67.9 Å². The van der Waals surface area contributed by atoms with Crippen molar-refractivity contribution in [3.63, 3.8) is 0 Å². The van der Waals surface area contributed by atoms with Crippen LogP contribution in [-0.4, -0.2) is 10.4 Å². The largest absolute Gasteiger partial charge is 0.419 e. The van der Waals surface area contributed by atoms with E-state index in [0.29, 0.717) is 27.8 Å². The number of benzene rings is 2. The minimum Gasteiger partial charge on any atom is -0.408 e. The van der Waals surface area contributed by atoms with Crippen LogP contribution < -0.4 is 5.76 Å². The second-order valence-electron chi connectivity index (χ2n) is 4.97. The molecule has 1 aromatic heterocycles. The molecular formula is C16H11BrFNO3. The highest BCUT2D eigenvalue weighted by Crippen LogP contribution is 2.24. The first-order chi connectivity index (χ1) is 10.4.